The fourth-order valence-electron chi connectivity index (χ4n) is 3.71. The molecule has 1 aromatic rings. The summed E-state index contributed by atoms with van der Waals surface area (Å²) in [5.74, 6) is 0.870. The summed E-state index contributed by atoms with van der Waals surface area (Å²) in [5, 5.41) is 6.81. The fraction of sp³-hybridized carbons (Fsp3) is 0.667. The second-order valence-electron chi connectivity index (χ2n) is 7.16. The van der Waals surface area contributed by atoms with Crippen molar-refractivity contribution in [1.29, 1.82) is 0 Å². The van der Waals surface area contributed by atoms with Crippen molar-refractivity contribution < 1.29 is 9.47 Å². The van der Waals surface area contributed by atoms with Gasteiger partial charge < -0.3 is 20.1 Å². The van der Waals surface area contributed by atoms with Crippen molar-refractivity contribution >= 4 is 29.9 Å². The standard InChI is InChI=1S/C21H35N3O2.HI/c1-4-22-20(23-16-19(26-3)18-10-6-5-7-11-18)24-17-21(14-15-25-2)12-8-9-13-21;/h5-7,10-11,19H,4,8-9,12-17H2,1-3H3,(H2,22,23,24);1H. The van der Waals surface area contributed by atoms with Crippen LogP contribution >= 0.6 is 24.0 Å². The number of nitrogens with one attached hydrogen (secondary N) is 2. The third kappa shape index (κ3) is 7.95. The lowest BCUT2D eigenvalue weighted by Gasteiger charge is -2.27. The summed E-state index contributed by atoms with van der Waals surface area (Å²) in [5.41, 5.74) is 1.48. The van der Waals surface area contributed by atoms with Crippen molar-refractivity contribution in [3.8, 4) is 0 Å². The first-order valence-electron chi connectivity index (χ1n) is 9.82. The van der Waals surface area contributed by atoms with Gasteiger partial charge in [0, 0.05) is 40.5 Å². The number of rotatable bonds is 10. The van der Waals surface area contributed by atoms with E-state index >= 15 is 0 Å². The summed E-state index contributed by atoms with van der Waals surface area (Å²) in [6.45, 7) is 5.31. The molecule has 2 N–H and O–H groups in total. The highest BCUT2D eigenvalue weighted by Crippen LogP contribution is 2.41. The lowest BCUT2D eigenvalue weighted by Crippen LogP contribution is -2.40. The van der Waals surface area contributed by atoms with Crippen LogP contribution in [0.4, 0.5) is 0 Å². The Morgan fingerprint density at radius 2 is 1.85 bits per heavy atom. The van der Waals surface area contributed by atoms with Gasteiger partial charge >= 0.3 is 0 Å². The van der Waals surface area contributed by atoms with E-state index in [2.05, 4.69) is 29.7 Å². The molecule has 2 rings (SSSR count). The van der Waals surface area contributed by atoms with E-state index in [1.54, 1.807) is 14.2 Å². The van der Waals surface area contributed by atoms with Gasteiger partial charge in [0.2, 0.25) is 0 Å². The van der Waals surface area contributed by atoms with Crippen LogP contribution < -0.4 is 10.6 Å². The van der Waals surface area contributed by atoms with Gasteiger partial charge in [0.05, 0.1) is 6.10 Å². The molecule has 27 heavy (non-hydrogen) atoms. The average Bonchev–Trinajstić information content (AvgIpc) is 3.15. The first-order valence-corrected chi connectivity index (χ1v) is 9.82. The lowest BCUT2D eigenvalue weighted by atomic mass is 9.83. The fourth-order valence-corrected chi connectivity index (χ4v) is 3.71. The quantitative estimate of drug-likeness (QED) is 0.295. The smallest absolute Gasteiger partial charge is 0.191 e. The largest absolute Gasteiger partial charge is 0.385 e. The molecule has 1 aliphatic rings. The predicted octanol–water partition coefficient (Wildman–Crippen LogP) is 4.14. The topological polar surface area (TPSA) is 54.9 Å². The molecule has 6 heteroatoms. The molecule has 1 atom stereocenters. The number of hydrogen-bond acceptors (Lipinski definition) is 3. The Labute approximate surface area is 181 Å². The molecule has 1 unspecified atom stereocenters. The highest BCUT2D eigenvalue weighted by molar-refractivity contribution is 14.0. The zero-order valence-electron chi connectivity index (χ0n) is 17.0. The van der Waals surface area contributed by atoms with Gasteiger partial charge in [-0.15, -0.1) is 24.0 Å². The zero-order valence-corrected chi connectivity index (χ0v) is 19.3. The molecule has 0 saturated heterocycles. The van der Waals surface area contributed by atoms with Gasteiger partial charge in [-0.3, -0.25) is 4.99 Å². The van der Waals surface area contributed by atoms with E-state index in [1.807, 2.05) is 18.2 Å². The second kappa shape index (κ2) is 13.3. The van der Waals surface area contributed by atoms with Crippen molar-refractivity contribution in [2.75, 3.05) is 40.5 Å². The van der Waals surface area contributed by atoms with Crippen molar-refractivity contribution in [2.24, 2.45) is 10.4 Å². The van der Waals surface area contributed by atoms with Crippen LogP contribution in [0.5, 0.6) is 0 Å². The molecule has 1 aromatic carbocycles. The molecule has 0 aromatic heterocycles. The Hall–Kier alpha value is -0.860. The van der Waals surface area contributed by atoms with Crippen LogP contribution in [0.1, 0.15) is 50.7 Å². The van der Waals surface area contributed by atoms with Crippen LogP contribution in [-0.2, 0) is 9.47 Å². The molecule has 0 amide bonds. The van der Waals surface area contributed by atoms with E-state index in [4.69, 9.17) is 14.5 Å². The van der Waals surface area contributed by atoms with Gasteiger partial charge in [0.25, 0.3) is 0 Å². The number of guanidine groups is 1. The van der Waals surface area contributed by atoms with Crippen molar-refractivity contribution in [3.63, 3.8) is 0 Å². The van der Waals surface area contributed by atoms with E-state index in [9.17, 15) is 0 Å². The van der Waals surface area contributed by atoms with Crippen molar-refractivity contribution in [2.45, 2.75) is 45.1 Å². The van der Waals surface area contributed by atoms with Gasteiger partial charge in [0.15, 0.2) is 5.96 Å². The van der Waals surface area contributed by atoms with E-state index in [-0.39, 0.29) is 30.1 Å². The summed E-state index contributed by atoms with van der Waals surface area (Å²) in [6.07, 6.45) is 6.23. The predicted molar refractivity (Wildman–Crippen MR) is 123 cm³/mol. The highest BCUT2D eigenvalue weighted by atomic mass is 127. The zero-order chi connectivity index (χ0) is 18.7. The van der Waals surface area contributed by atoms with Crippen LogP contribution in [0.2, 0.25) is 0 Å². The number of ether oxygens (including phenoxy) is 2. The Bertz CT molecular complexity index is 533. The summed E-state index contributed by atoms with van der Waals surface area (Å²) in [4.78, 5) is 4.90. The summed E-state index contributed by atoms with van der Waals surface area (Å²) >= 11 is 0. The van der Waals surface area contributed by atoms with Crippen LogP contribution in [0, 0.1) is 5.41 Å². The molecule has 1 aliphatic carbocycles. The molecule has 0 bridgehead atoms. The molecular formula is C21H36IN3O2. The van der Waals surface area contributed by atoms with Crippen LogP contribution in [-0.4, -0.2) is 46.4 Å². The van der Waals surface area contributed by atoms with Crippen LogP contribution in [0.15, 0.2) is 35.3 Å². The van der Waals surface area contributed by atoms with Gasteiger partial charge in [-0.2, -0.15) is 0 Å². The minimum atomic E-state index is 0. The third-order valence-corrected chi connectivity index (χ3v) is 5.33. The molecule has 0 heterocycles. The molecular weight excluding hydrogens is 453 g/mol. The molecule has 0 aliphatic heterocycles. The maximum Gasteiger partial charge on any atom is 0.191 e. The first kappa shape index (κ1) is 24.2. The van der Waals surface area contributed by atoms with Gasteiger partial charge in [-0.25, -0.2) is 0 Å². The summed E-state index contributed by atoms with van der Waals surface area (Å²) in [6, 6.07) is 10.3. The number of nitrogens with zero attached hydrogens (tertiary/aromatic N) is 1. The molecule has 1 saturated carbocycles. The number of methoxy groups -OCH3 is 2. The second-order valence-corrected chi connectivity index (χ2v) is 7.16. The molecule has 0 spiro atoms. The van der Waals surface area contributed by atoms with Gasteiger partial charge in [0.1, 0.15) is 0 Å². The summed E-state index contributed by atoms with van der Waals surface area (Å²) < 4.78 is 11.0. The normalized spacial score (nSPS) is 17.2. The van der Waals surface area contributed by atoms with E-state index in [0.717, 1.165) is 32.1 Å². The summed E-state index contributed by atoms with van der Waals surface area (Å²) in [7, 11) is 3.54. The third-order valence-electron chi connectivity index (χ3n) is 5.33. The number of benzene rings is 1. The van der Waals surface area contributed by atoms with E-state index in [1.165, 1.54) is 31.2 Å². The number of halogens is 1. The van der Waals surface area contributed by atoms with Crippen LogP contribution in [0.3, 0.4) is 0 Å². The van der Waals surface area contributed by atoms with Crippen molar-refractivity contribution in [1.82, 2.24) is 10.6 Å². The van der Waals surface area contributed by atoms with E-state index < -0.39 is 0 Å². The maximum absolute atomic E-state index is 5.65. The Kier molecular flexibility index (Phi) is 11.9. The molecule has 5 nitrogen and oxygen atoms in total. The Morgan fingerprint density at radius 1 is 1.15 bits per heavy atom. The molecule has 0 radical (unpaired) electrons. The Balaban J connectivity index is 0.00000364. The molecule has 154 valence electrons. The highest BCUT2D eigenvalue weighted by Gasteiger charge is 2.33. The maximum atomic E-state index is 5.65. The van der Waals surface area contributed by atoms with Crippen LogP contribution in [0.25, 0.3) is 0 Å². The van der Waals surface area contributed by atoms with Gasteiger partial charge in [-0.05, 0) is 37.2 Å². The Morgan fingerprint density at radius 3 is 2.44 bits per heavy atom. The first-order chi connectivity index (χ1) is 12.7. The lowest BCUT2D eigenvalue weighted by molar-refractivity contribution is 0.106. The van der Waals surface area contributed by atoms with Gasteiger partial charge in [-0.1, -0.05) is 43.2 Å². The minimum absolute atomic E-state index is 0. The number of hydrogen-bond donors (Lipinski definition) is 2. The SMILES string of the molecule is CCNC(=NCC1(CCOC)CCCC1)NCC(OC)c1ccccc1.I. The number of aliphatic imine (C=N–C) groups is 1. The van der Waals surface area contributed by atoms with Crippen molar-refractivity contribution in [3.05, 3.63) is 35.9 Å². The average molecular weight is 489 g/mol. The minimum Gasteiger partial charge on any atom is -0.385 e. The molecule has 1 fully saturated rings. The van der Waals surface area contributed by atoms with E-state index in [0.29, 0.717) is 12.0 Å². The monoisotopic (exact) mass is 489 g/mol.